The highest BCUT2D eigenvalue weighted by atomic mass is 32.2. The summed E-state index contributed by atoms with van der Waals surface area (Å²) in [7, 11) is 0. The summed E-state index contributed by atoms with van der Waals surface area (Å²) in [4.78, 5) is 2.36. The van der Waals surface area contributed by atoms with Gasteiger partial charge in [0.15, 0.2) is 0 Å². The van der Waals surface area contributed by atoms with E-state index in [2.05, 4.69) is 44.0 Å². The van der Waals surface area contributed by atoms with Crippen LogP contribution < -0.4 is 0 Å². The highest BCUT2D eigenvalue weighted by molar-refractivity contribution is 7.99. The monoisotopic (exact) mass is 235 g/mol. The van der Waals surface area contributed by atoms with Gasteiger partial charge in [0.05, 0.1) is 4.71 Å². The largest absolute Gasteiger partial charge is 0.284 e. The molecule has 86 valence electrons. The molecule has 0 amide bonds. The fourth-order valence-corrected chi connectivity index (χ4v) is 1.93. The number of nitrogens with zero attached hydrogens (tertiary/aromatic N) is 1. The predicted octanol–water partition coefficient (Wildman–Crippen LogP) is 3.81. The van der Waals surface area contributed by atoms with E-state index in [4.69, 9.17) is 0 Å². The summed E-state index contributed by atoms with van der Waals surface area (Å²) in [6.45, 7) is 6.77. The molecule has 0 aromatic heterocycles. The Hall–Kier alpha value is 0.660. The van der Waals surface area contributed by atoms with Crippen molar-refractivity contribution in [3.63, 3.8) is 0 Å². The van der Waals surface area contributed by atoms with Gasteiger partial charge in [-0.2, -0.15) is 0 Å². The van der Waals surface area contributed by atoms with Crippen LogP contribution in [0.5, 0.6) is 0 Å². The number of hydrogen-bond acceptors (Lipinski definition) is 3. The van der Waals surface area contributed by atoms with E-state index in [9.17, 15) is 0 Å². The van der Waals surface area contributed by atoms with Crippen molar-refractivity contribution < 1.29 is 0 Å². The molecule has 0 aliphatic heterocycles. The fraction of sp³-hybridized carbons (Fsp3) is 1.00. The molecule has 0 aliphatic rings. The third-order valence-corrected chi connectivity index (χ3v) is 3.08. The molecule has 0 aromatic rings. The Labute approximate surface area is 100 Å². The van der Waals surface area contributed by atoms with Crippen molar-refractivity contribution in [2.75, 3.05) is 13.1 Å². The van der Waals surface area contributed by atoms with Crippen LogP contribution in [0.1, 0.15) is 52.4 Å². The van der Waals surface area contributed by atoms with E-state index in [1.165, 1.54) is 38.5 Å². The molecule has 0 spiro atoms. The molecule has 0 heterocycles. The second-order valence-corrected chi connectivity index (χ2v) is 5.18. The van der Waals surface area contributed by atoms with Gasteiger partial charge in [-0.15, -0.1) is 25.3 Å². The Kier molecular flexibility index (Phi) is 10.7. The molecule has 0 atom stereocenters. The standard InChI is InChI=1S/C11H25NS2/c1-3-5-7-9-12(11(13)14)10-8-6-4-2/h11,13-14H,3-10H2,1-2H3. The second-order valence-electron chi connectivity index (χ2n) is 3.80. The molecule has 0 saturated carbocycles. The Morgan fingerprint density at radius 2 is 1.29 bits per heavy atom. The van der Waals surface area contributed by atoms with Gasteiger partial charge < -0.3 is 0 Å². The van der Waals surface area contributed by atoms with Gasteiger partial charge in [0.1, 0.15) is 0 Å². The highest BCUT2D eigenvalue weighted by Gasteiger charge is 2.08. The lowest BCUT2D eigenvalue weighted by atomic mass is 10.2. The summed E-state index contributed by atoms with van der Waals surface area (Å²) in [6, 6.07) is 0. The van der Waals surface area contributed by atoms with Crippen LogP contribution in [0.15, 0.2) is 0 Å². The SMILES string of the molecule is CCCCCN(CCCCC)C(S)S. The van der Waals surface area contributed by atoms with Crippen LogP contribution in [0.2, 0.25) is 0 Å². The molecular weight excluding hydrogens is 210 g/mol. The van der Waals surface area contributed by atoms with E-state index >= 15 is 0 Å². The average Bonchev–Trinajstić information content (AvgIpc) is 2.15. The normalized spacial score (nSPS) is 11.6. The minimum absolute atomic E-state index is 0.115. The molecule has 0 radical (unpaired) electrons. The van der Waals surface area contributed by atoms with Crippen LogP contribution in [0.4, 0.5) is 0 Å². The minimum atomic E-state index is 0.115. The van der Waals surface area contributed by atoms with Gasteiger partial charge in [-0.1, -0.05) is 39.5 Å². The lowest BCUT2D eigenvalue weighted by molar-refractivity contribution is 0.291. The maximum Gasteiger partial charge on any atom is 0.0969 e. The first-order valence-corrected chi connectivity index (χ1v) is 6.85. The summed E-state index contributed by atoms with van der Waals surface area (Å²) >= 11 is 8.77. The van der Waals surface area contributed by atoms with Gasteiger partial charge in [-0.25, -0.2) is 0 Å². The van der Waals surface area contributed by atoms with Gasteiger partial charge >= 0.3 is 0 Å². The van der Waals surface area contributed by atoms with Crippen LogP contribution in [0.3, 0.4) is 0 Å². The van der Waals surface area contributed by atoms with Crippen molar-refractivity contribution >= 4 is 25.3 Å². The van der Waals surface area contributed by atoms with E-state index in [0.717, 1.165) is 13.1 Å². The van der Waals surface area contributed by atoms with Crippen LogP contribution >= 0.6 is 25.3 Å². The Morgan fingerprint density at radius 1 is 0.857 bits per heavy atom. The minimum Gasteiger partial charge on any atom is -0.284 e. The molecule has 0 bridgehead atoms. The summed E-state index contributed by atoms with van der Waals surface area (Å²) in [5.41, 5.74) is 0. The highest BCUT2D eigenvalue weighted by Crippen LogP contribution is 2.12. The van der Waals surface area contributed by atoms with Gasteiger partial charge in [0.2, 0.25) is 0 Å². The molecule has 1 nitrogen and oxygen atoms in total. The molecule has 0 aromatic carbocycles. The summed E-state index contributed by atoms with van der Waals surface area (Å²) in [5.74, 6) is 0. The van der Waals surface area contributed by atoms with Gasteiger partial charge in [0, 0.05) is 0 Å². The third kappa shape index (κ3) is 8.01. The van der Waals surface area contributed by atoms with Crippen LogP contribution in [-0.2, 0) is 0 Å². The van der Waals surface area contributed by atoms with Crippen molar-refractivity contribution in [1.29, 1.82) is 0 Å². The quantitative estimate of drug-likeness (QED) is 0.349. The summed E-state index contributed by atoms with van der Waals surface area (Å²) in [5, 5.41) is 0. The first-order valence-electron chi connectivity index (χ1n) is 5.82. The van der Waals surface area contributed by atoms with Gasteiger partial charge in [-0.3, -0.25) is 4.90 Å². The van der Waals surface area contributed by atoms with Crippen molar-refractivity contribution in [1.82, 2.24) is 4.90 Å². The first kappa shape index (κ1) is 14.7. The van der Waals surface area contributed by atoms with Crippen LogP contribution in [-0.4, -0.2) is 22.7 Å². The molecule has 0 rings (SSSR count). The Morgan fingerprint density at radius 3 is 1.57 bits per heavy atom. The van der Waals surface area contributed by atoms with Crippen molar-refractivity contribution in [3.8, 4) is 0 Å². The van der Waals surface area contributed by atoms with E-state index in [1.54, 1.807) is 0 Å². The van der Waals surface area contributed by atoms with Crippen LogP contribution in [0.25, 0.3) is 0 Å². The van der Waals surface area contributed by atoms with E-state index in [-0.39, 0.29) is 4.71 Å². The zero-order chi connectivity index (χ0) is 10.8. The molecule has 0 fully saturated rings. The molecule has 0 saturated heterocycles. The number of unbranched alkanes of at least 4 members (excludes halogenated alkanes) is 4. The Bertz CT molecular complexity index is 108. The lowest BCUT2D eigenvalue weighted by Gasteiger charge is -2.24. The predicted molar refractivity (Wildman–Crippen MR) is 72.4 cm³/mol. The van der Waals surface area contributed by atoms with Crippen molar-refractivity contribution in [2.45, 2.75) is 57.1 Å². The molecule has 0 aliphatic carbocycles. The zero-order valence-corrected chi connectivity index (χ0v) is 11.4. The number of rotatable bonds is 9. The molecule has 0 N–H and O–H groups in total. The first-order chi connectivity index (χ1) is 6.72. The molecule has 3 heteroatoms. The van der Waals surface area contributed by atoms with Crippen molar-refractivity contribution in [2.24, 2.45) is 0 Å². The lowest BCUT2D eigenvalue weighted by Crippen LogP contribution is -2.30. The maximum absolute atomic E-state index is 4.39. The smallest absolute Gasteiger partial charge is 0.0969 e. The molecular formula is C11H25NS2. The summed E-state index contributed by atoms with van der Waals surface area (Å²) in [6.07, 6.45) is 7.76. The van der Waals surface area contributed by atoms with E-state index in [0.29, 0.717) is 0 Å². The maximum atomic E-state index is 4.39. The third-order valence-electron chi connectivity index (χ3n) is 2.42. The zero-order valence-electron chi connectivity index (χ0n) is 9.58. The fourth-order valence-electron chi connectivity index (χ4n) is 1.47. The van der Waals surface area contributed by atoms with E-state index < -0.39 is 0 Å². The van der Waals surface area contributed by atoms with E-state index in [1.807, 2.05) is 0 Å². The number of thiol groups is 2. The summed E-state index contributed by atoms with van der Waals surface area (Å²) < 4.78 is 0.115. The topological polar surface area (TPSA) is 3.24 Å². The van der Waals surface area contributed by atoms with Crippen molar-refractivity contribution in [3.05, 3.63) is 0 Å². The van der Waals surface area contributed by atoms with Gasteiger partial charge in [-0.05, 0) is 25.9 Å². The second kappa shape index (κ2) is 10.2. The average molecular weight is 235 g/mol. The molecule has 14 heavy (non-hydrogen) atoms. The van der Waals surface area contributed by atoms with Gasteiger partial charge in [0.25, 0.3) is 0 Å². The molecule has 0 unspecified atom stereocenters. The number of hydrogen-bond donors (Lipinski definition) is 2. The van der Waals surface area contributed by atoms with Crippen LogP contribution in [0, 0.1) is 0 Å². The Balaban J connectivity index is 3.55.